The molecule has 0 atom stereocenters. The Morgan fingerprint density at radius 1 is 1.16 bits per heavy atom. The van der Waals surface area contributed by atoms with E-state index in [1.165, 1.54) is 12.1 Å². The predicted molar refractivity (Wildman–Crippen MR) is 91.0 cm³/mol. The van der Waals surface area contributed by atoms with Gasteiger partial charge in [0.1, 0.15) is 0 Å². The van der Waals surface area contributed by atoms with Crippen LogP contribution in [0.5, 0.6) is 0 Å². The minimum absolute atomic E-state index is 0.0278. The highest BCUT2D eigenvalue weighted by molar-refractivity contribution is 5.78. The molecule has 1 aliphatic rings. The van der Waals surface area contributed by atoms with Gasteiger partial charge in [-0.2, -0.15) is 13.2 Å². The van der Waals surface area contributed by atoms with Gasteiger partial charge < -0.3 is 5.32 Å². The summed E-state index contributed by atoms with van der Waals surface area (Å²) in [6, 6.07) is 5.48. The summed E-state index contributed by atoms with van der Waals surface area (Å²) < 4.78 is 38.3. The fraction of sp³-hybridized carbons (Fsp3) is 0.611. The van der Waals surface area contributed by atoms with E-state index in [4.69, 9.17) is 0 Å². The molecule has 1 saturated heterocycles. The maximum absolute atomic E-state index is 12.8. The van der Waals surface area contributed by atoms with Crippen molar-refractivity contribution in [3.8, 4) is 0 Å². The Hall–Kier alpha value is -1.60. The summed E-state index contributed by atoms with van der Waals surface area (Å²) in [4.78, 5) is 16.1. The Balaban J connectivity index is 1.78. The van der Waals surface area contributed by atoms with Gasteiger partial charge in [0.05, 0.1) is 12.1 Å². The summed E-state index contributed by atoms with van der Waals surface area (Å²) in [6.45, 7) is 8.62. The largest absolute Gasteiger partial charge is 0.416 e. The fourth-order valence-electron chi connectivity index (χ4n) is 2.79. The SMILES string of the molecule is CC(C)CNC(=O)CN1CCN(Cc2cccc(C(F)(F)F)c2)CC1. The number of nitrogens with one attached hydrogen (secondary N) is 1. The molecule has 1 N–H and O–H groups in total. The zero-order valence-corrected chi connectivity index (χ0v) is 14.8. The number of amides is 1. The molecule has 1 aliphatic heterocycles. The molecular weight excluding hydrogens is 331 g/mol. The van der Waals surface area contributed by atoms with Gasteiger partial charge >= 0.3 is 6.18 Å². The first-order valence-corrected chi connectivity index (χ1v) is 8.61. The Morgan fingerprint density at radius 3 is 2.40 bits per heavy atom. The topological polar surface area (TPSA) is 35.6 Å². The maximum Gasteiger partial charge on any atom is 0.416 e. The van der Waals surface area contributed by atoms with E-state index in [0.29, 0.717) is 31.1 Å². The van der Waals surface area contributed by atoms with E-state index in [1.807, 2.05) is 13.8 Å². The third-order valence-corrected chi connectivity index (χ3v) is 4.20. The van der Waals surface area contributed by atoms with Crippen LogP contribution in [0.25, 0.3) is 0 Å². The van der Waals surface area contributed by atoms with Crippen molar-refractivity contribution in [1.82, 2.24) is 15.1 Å². The van der Waals surface area contributed by atoms with Crippen LogP contribution in [0.4, 0.5) is 13.2 Å². The molecule has 0 unspecified atom stereocenters. The van der Waals surface area contributed by atoms with Gasteiger partial charge in [-0.05, 0) is 17.5 Å². The number of piperazine rings is 1. The van der Waals surface area contributed by atoms with E-state index in [-0.39, 0.29) is 5.91 Å². The maximum atomic E-state index is 12.8. The van der Waals surface area contributed by atoms with Crippen molar-refractivity contribution >= 4 is 5.91 Å². The van der Waals surface area contributed by atoms with Crippen molar-refractivity contribution in [2.45, 2.75) is 26.6 Å². The number of carbonyl (C=O) groups excluding carboxylic acids is 1. The average Bonchev–Trinajstić information content (AvgIpc) is 2.54. The quantitative estimate of drug-likeness (QED) is 0.850. The van der Waals surface area contributed by atoms with E-state index < -0.39 is 11.7 Å². The number of halogens is 3. The molecule has 1 heterocycles. The van der Waals surface area contributed by atoms with Crippen LogP contribution in [0.1, 0.15) is 25.0 Å². The first-order valence-electron chi connectivity index (χ1n) is 8.61. The smallest absolute Gasteiger partial charge is 0.355 e. The first-order chi connectivity index (χ1) is 11.7. The molecule has 1 fully saturated rings. The number of nitrogens with zero attached hydrogens (tertiary/aromatic N) is 2. The predicted octanol–water partition coefficient (Wildman–Crippen LogP) is 2.60. The molecule has 1 amide bonds. The Bertz CT molecular complexity index is 567. The molecule has 1 aromatic rings. The fourth-order valence-corrected chi connectivity index (χ4v) is 2.79. The second-order valence-corrected chi connectivity index (χ2v) is 6.95. The zero-order valence-electron chi connectivity index (χ0n) is 14.8. The highest BCUT2D eigenvalue weighted by Gasteiger charge is 2.30. The minimum atomic E-state index is -4.31. The summed E-state index contributed by atoms with van der Waals surface area (Å²) in [5.41, 5.74) is 0.0587. The van der Waals surface area contributed by atoms with Gasteiger partial charge in [-0.1, -0.05) is 32.0 Å². The highest BCUT2D eigenvalue weighted by atomic mass is 19.4. The molecule has 0 aliphatic carbocycles. The zero-order chi connectivity index (χ0) is 18.4. The van der Waals surface area contributed by atoms with Crippen LogP contribution < -0.4 is 5.32 Å². The molecule has 4 nitrogen and oxygen atoms in total. The van der Waals surface area contributed by atoms with Crippen LogP contribution in [0.2, 0.25) is 0 Å². The van der Waals surface area contributed by atoms with Crippen LogP contribution >= 0.6 is 0 Å². The van der Waals surface area contributed by atoms with Crippen LogP contribution in [0.15, 0.2) is 24.3 Å². The van der Waals surface area contributed by atoms with Crippen LogP contribution in [-0.2, 0) is 17.5 Å². The standard InChI is InChI=1S/C18H26F3N3O/c1-14(2)11-22-17(25)13-24-8-6-23(7-9-24)12-15-4-3-5-16(10-15)18(19,20)21/h3-5,10,14H,6-9,11-13H2,1-2H3,(H,22,25). The Morgan fingerprint density at radius 2 is 1.80 bits per heavy atom. The molecule has 25 heavy (non-hydrogen) atoms. The lowest BCUT2D eigenvalue weighted by Crippen LogP contribution is -2.49. The van der Waals surface area contributed by atoms with Crippen LogP contribution in [0, 0.1) is 5.92 Å². The Kier molecular flexibility index (Phi) is 6.84. The van der Waals surface area contributed by atoms with E-state index in [0.717, 1.165) is 32.2 Å². The highest BCUT2D eigenvalue weighted by Crippen LogP contribution is 2.29. The van der Waals surface area contributed by atoms with Crippen molar-refractivity contribution in [3.63, 3.8) is 0 Å². The van der Waals surface area contributed by atoms with Crippen molar-refractivity contribution in [3.05, 3.63) is 35.4 Å². The summed E-state index contributed by atoms with van der Waals surface area (Å²) in [6.07, 6.45) is -4.31. The molecular formula is C18H26F3N3O. The average molecular weight is 357 g/mol. The Labute approximate surface area is 147 Å². The van der Waals surface area contributed by atoms with Gasteiger partial charge in [-0.15, -0.1) is 0 Å². The van der Waals surface area contributed by atoms with Crippen LogP contribution in [-0.4, -0.2) is 55.0 Å². The lowest BCUT2D eigenvalue weighted by atomic mass is 10.1. The van der Waals surface area contributed by atoms with Crippen molar-refractivity contribution < 1.29 is 18.0 Å². The number of hydrogen-bond donors (Lipinski definition) is 1. The molecule has 2 rings (SSSR count). The van der Waals surface area contributed by atoms with Gasteiger partial charge in [-0.25, -0.2) is 0 Å². The summed E-state index contributed by atoms with van der Waals surface area (Å²) in [5.74, 6) is 0.452. The molecule has 1 aromatic carbocycles. The third-order valence-electron chi connectivity index (χ3n) is 4.20. The second-order valence-electron chi connectivity index (χ2n) is 6.95. The molecule has 7 heteroatoms. The number of rotatable bonds is 6. The molecule has 0 radical (unpaired) electrons. The van der Waals surface area contributed by atoms with Crippen molar-refractivity contribution in [2.75, 3.05) is 39.3 Å². The normalized spacial score (nSPS) is 17.0. The number of benzene rings is 1. The number of alkyl halides is 3. The van der Waals surface area contributed by atoms with Gasteiger partial charge in [-0.3, -0.25) is 14.6 Å². The van der Waals surface area contributed by atoms with E-state index in [2.05, 4.69) is 15.1 Å². The summed E-state index contributed by atoms with van der Waals surface area (Å²) in [5, 5.41) is 2.90. The van der Waals surface area contributed by atoms with Gasteiger partial charge in [0.15, 0.2) is 0 Å². The molecule has 140 valence electrons. The number of carbonyl (C=O) groups is 1. The molecule has 0 saturated carbocycles. The van der Waals surface area contributed by atoms with Gasteiger partial charge in [0, 0.05) is 39.3 Å². The molecule has 0 bridgehead atoms. The van der Waals surface area contributed by atoms with Crippen LogP contribution in [0.3, 0.4) is 0 Å². The second kappa shape index (κ2) is 8.67. The van der Waals surface area contributed by atoms with Gasteiger partial charge in [0.2, 0.25) is 5.91 Å². The first kappa shape index (κ1) is 19.7. The molecule has 0 aromatic heterocycles. The summed E-state index contributed by atoms with van der Waals surface area (Å²) >= 11 is 0. The minimum Gasteiger partial charge on any atom is -0.355 e. The number of hydrogen-bond acceptors (Lipinski definition) is 3. The summed E-state index contributed by atoms with van der Waals surface area (Å²) in [7, 11) is 0. The van der Waals surface area contributed by atoms with E-state index in [9.17, 15) is 18.0 Å². The lowest BCUT2D eigenvalue weighted by molar-refractivity contribution is -0.137. The monoisotopic (exact) mass is 357 g/mol. The lowest BCUT2D eigenvalue weighted by Gasteiger charge is -2.34. The van der Waals surface area contributed by atoms with E-state index in [1.54, 1.807) is 6.07 Å². The third kappa shape index (κ3) is 6.66. The van der Waals surface area contributed by atoms with Crippen molar-refractivity contribution in [1.29, 1.82) is 0 Å². The van der Waals surface area contributed by atoms with Gasteiger partial charge in [0.25, 0.3) is 0 Å². The van der Waals surface area contributed by atoms with E-state index >= 15 is 0 Å². The van der Waals surface area contributed by atoms with Crippen molar-refractivity contribution in [2.24, 2.45) is 5.92 Å². The molecule has 0 spiro atoms.